The Balaban J connectivity index is 1.49. The summed E-state index contributed by atoms with van der Waals surface area (Å²) in [6.07, 6.45) is 0. The van der Waals surface area contributed by atoms with E-state index in [4.69, 9.17) is 4.74 Å². The summed E-state index contributed by atoms with van der Waals surface area (Å²) in [7, 11) is 0. The monoisotopic (exact) mass is 367 g/mol. The molecule has 0 unspecified atom stereocenters. The highest BCUT2D eigenvalue weighted by Gasteiger charge is 2.12. The van der Waals surface area contributed by atoms with E-state index in [0.717, 1.165) is 44.1 Å². The van der Waals surface area contributed by atoms with Crippen molar-refractivity contribution in [3.8, 4) is 0 Å². The van der Waals surface area contributed by atoms with Gasteiger partial charge in [0, 0.05) is 43.0 Å². The first-order valence-corrected chi connectivity index (χ1v) is 9.18. The summed E-state index contributed by atoms with van der Waals surface area (Å²) < 4.78 is 5.31. The molecular weight excluding hydrogens is 342 g/mol. The predicted octanol–water partition coefficient (Wildman–Crippen LogP) is 2.31. The number of nitrogens with zero attached hydrogens (tertiary/aromatic N) is 1. The zero-order valence-corrected chi connectivity index (χ0v) is 15.5. The minimum Gasteiger partial charge on any atom is -0.379 e. The minimum absolute atomic E-state index is 0.131. The van der Waals surface area contributed by atoms with Gasteiger partial charge in [0.2, 0.25) is 0 Å². The molecule has 0 aliphatic carbocycles. The lowest BCUT2D eigenvalue weighted by molar-refractivity contribution is 0.0383. The molecule has 0 radical (unpaired) electrons. The van der Waals surface area contributed by atoms with Crippen LogP contribution in [0.4, 0.5) is 5.69 Å². The first kappa shape index (κ1) is 19.1. The van der Waals surface area contributed by atoms with Crippen molar-refractivity contribution in [1.29, 1.82) is 0 Å². The molecule has 0 saturated carbocycles. The van der Waals surface area contributed by atoms with E-state index in [1.165, 1.54) is 0 Å². The Morgan fingerprint density at radius 1 is 1.00 bits per heavy atom. The topological polar surface area (TPSA) is 70.7 Å². The summed E-state index contributed by atoms with van der Waals surface area (Å²) in [5.41, 5.74) is 2.90. The summed E-state index contributed by atoms with van der Waals surface area (Å²) in [6.45, 7) is 6.68. The third-order valence-electron chi connectivity index (χ3n) is 4.50. The summed E-state index contributed by atoms with van der Waals surface area (Å²) in [6, 6.07) is 14.3. The molecular formula is C21H25N3O3. The quantitative estimate of drug-likeness (QED) is 0.822. The Morgan fingerprint density at radius 3 is 2.33 bits per heavy atom. The normalized spacial score (nSPS) is 14.6. The second kappa shape index (κ2) is 9.30. The van der Waals surface area contributed by atoms with Gasteiger partial charge in [0.15, 0.2) is 0 Å². The van der Waals surface area contributed by atoms with E-state index in [0.29, 0.717) is 17.7 Å². The van der Waals surface area contributed by atoms with Crippen molar-refractivity contribution in [3.63, 3.8) is 0 Å². The first-order valence-electron chi connectivity index (χ1n) is 9.18. The van der Waals surface area contributed by atoms with Gasteiger partial charge in [-0.3, -0.25) is 14.5 Å². The highest BCUT2D eigenvalue weighted by molar-refractivity contribution is 6.05. The van der Waals surface area contributed by atoms with Gasteiger partial charge in [-0.25, -0.2) is 0 Å². The Labute approximate surface area is 159 Å². The van der Waals surface area contributed by atoms with E-state index in [9.17, 15) is 9.59 Å². The molecule has 27 heavy (non-hydrogen) atoms. The molecule has 2 aromatic rings. The maximum Gasteiger partial charge on any atom is 0.255 e. The zero-order chi connectivity index (χ0) is 19.1. The van der Waals surface area contributed by atoms with Gasteiger partial charge < -0.3 is 15.4 Å². The molecule has 0 atom stereocenters. The van der Waals surface area contributed by atoms with Crippen molar-refractivity contribution < 1.29 is 14.3 Å². The number of benzene rings is 2. The lowest BCUT2D eigenvalue weighted by Gasteiger charge is -2.26. The number of hydrogen-bond acceptors (Lipinski definition) is 4. The molecule has 1 aliphatic rings. The maximum atomic E-state index is 12.3. The number of carbonyl (C=O) groups excluding carboxylic acids is 2. The van der Waals surface area contributed by atoms with Crippen molar-refractivity contribution in [2.75, 3.05) is 44.7 Å². The highest BCUT2D eigenvalue weighted by Crippen LogP contribution is 2.12. The average molecular weight is 367 g/mol. The van der Waals surface area contributed by atoms with Gasteiger partial charge in [0.05, 0.1) is 13.2 Å². The predicted molar refractivity (Wildman–Crippen MR) is 105 cm³/mol. The fourth-order valence-corrected chi connectivity index (χ4v) is 2.95. The molecule has 1 heterocycles. The van der Waals surface area contributed by atoms with Gasteiger partial charge in [-0.05, 0) is 48.9 Å². The molecule has 1 fully saturated rings. The highest BCUT2D eigenvalue weighted by atomic mass is 16.5. The van der Waals surface area contributed by atoms with Gasteiger partial charge in [-0.15, -0.1) is 0 Å². The van der Waals surface area contributed by atoms with Crippen LogP contribution < -0.4 is 10.6 Å². The summed E-state index contributed by atoms with van der Waals surface area (Å²) in [4.78, 5) is 26.8. The number of morpholine rings is 1. The molecule has 0 spiro atoms. The molecule has 6 nitrogen and oxygen atoms in total. The van der Waals surface area contributed by atoms with Crippen LogP contribution in [0.15, 0.2) is 48.5 Å². The van der Waals surface area contributed by atoms with Crippen LogP contribution in [-0.2, 0) is 4.74 Å². The largest absolute Gasteiger partial charge is 0.379 e. The van der Waals surface area contributed by atoms with E-state index in [1.807, 2.05) is 31.2 Å². The molecule has 1 aliphatic heterocycles. The second-order valence-electron chi connectivity index (χ2n) is 6.61. The molecule has 6 heteroatoms. The molecule has 2 amide bonds. The van der Waals surface area contributed by atoms with E-state index in [2.05, 4.69) is 15.5 Å². The van der Waals surface area contributed by atoms with Crippen LogP contribution >= 0.6 is 0 Å². The third kappa shape index (κ3) is 5.64. The van der Waals surface area contributed by atoms with Crippen LogP contribution in [0.3, 0.4) is 0 Å². The van der Waals surface area contributed by atoms with Crippen molar-refractivity contribution in [2.45, 2.75) is 6.92 Å². The number of carbonyl (C=O) groups is 2. The summed E-state index contributed by atoms with van der Waals surface area (Å²) in [5.74, 6) is -0.325. The van der Waals surface area contributed by atoms with E-state index in [-0.39, 0.29) is 11.8 Å². The summed E-state index contributed by atoms with van der Waals surface area (Å²) in [5, 5.41) is 5.78. The fourth-order valence-electron chi connectivity index (χ4n) is 2.95. The van der Waals surface area contributed by atoms with E-state index in [1.54, 1.807) is 24.3 Å². The van der Waals surface area contributed by atoms with Crippen LogP contribution in [0.5, 0.6) is 0 Å². The SMILES string of the molecule is Cc1cccc(NC(=O)c2ccc(C(=O)NCCN3CCOCC3)cc2)c1. The van der Waals surface area contributed by atoms with E-state index < -0.39 is 0 Å². The van der Waals surface area contributed by atoms with Crippen LogP contribution in [0.1, 0.15) is 26.3 Å². The number of amides is 2. The standard InChI is InChI=1S/C21H25N3O3/c1-16-3-2-4-19(15-16)23-21(26)18-7-5-17(6-8-18)20(25)22-9-10-24-11-13-27-14-12-24/h2-8,15H,9-14H2,1H3,(H,22,25)(H,23,26). The number of rotatable bonds is 6. The number of ether oxygens (including phenoxy) is 1. The Morgan fingerprint density at radius 2 is 1.67 bits per heavy atom. The Bertz CT molecular complexity index is 784. The van der Waals surface area contributed by atoms with Crippen molar-refractivity contribution >= 4 is 17.5 Å². The molecule has 3 rings (SSSR count). The fraction of sp³-hybridized carbons (Fsp3) is 0.333. The van der Waals surface area contributed by atoms with Gasteiger partial charge >= 0.3 is 0 Å². The third-order valence-corrected chi connectivity index (χ3v) is 4.50. The van der Waals surface area contributed by atoms with E-state index >= 15 is 0 Å². The molecule has 2 N–H and O–H groups in total. The van der Waals surface area contributed by atoms with Crippen LogP contribution in [0, 0.1) is 6.92 Å². The number of aryl methyl sites for hydroxylation is 1. The first-order chi connectivity index (χ1) is 13.1. The molecule has 142 valence electrons. The van der Waals surface area contributed by atoms with Crippen molar-refractivity contribution in [2.24, 2.45) is 0 Å². The molecule has 0 bridgehead atoms. The van der Waals surface area contributed by atoms with Crippen LogP contribution in [0.25, 0.3) is 0 Å². The van der Waals surface area contributed by atoms with Crippen LogP contribution in [-0.4, -0.2) is 56.1 Å². The number of nitrogens with one attached hydrogen (secondary N) is 2. The minimum atomic E-state index is -0.195. The Kier molecular flexibility index (Phi) is 6.57. The van der Waals surface area contributed by atoms with Gasteiger partial charge in [-0.2, -0.15) is 0 Å². The average Bonchev–Trinajstić information content (AvgIpc) is 2.69. The Hall–Kier alpha value is -2.70. The molecule has 1 saturated heterocycles. The van der Waals surface area contributed by atoms with Gasteiger partial charge in [-0.1, -0.05) is 12.1 Å². The van der Waals surface area contributed by atoms with Crippen molar-refractivity contribution in [3.05, 3.63) is 65.2 Å². The van der Waals surface area contributed by atoms with Gasteiger partial charge in [0.1, 0.15) is 0 Å². The molecule has 2 aromatic carbocycles. The number of anilines is 1. The van der Waals surface area contributed by atoms with Gasteiger partial charge in [0.25, 0.3) is 11.8 Å². The lowest BCUT2D eigenvalue weighted by atomic mass is 10.1. The smallest absolute Gasteiger partial charge is 0.255 e. The second-order valence-corrected chi connectivity index (χ2v) is 6.61. The van der Waals surface area contributed by atoms with Crippen LogP contribution in [0.2, 0.25) is 0 Å². The molecule has 0 aromatic heterocycles. The van der Waals surface area contributed by atoms with Crippen molar-refractivity contribution in [1.82, 2.24) is 10.2 Å². The number of hydrogen-bond donors (Lipinski definition) is 2. The lowest BCUT2D eigenvalue weighted by Crippen LogP contribution is -2.41. The maximum absolute atomic E-state index is 12.3. The summed E-state index contributed by atoms with van der Waals surface area (Å²) >= 11 is 0. The zero-order valence-electron chi connectivity index (χ0n) is 15.5.